The number of aliphatic carboxylic acids is 1. The molecule has 0 heterocycles. The molecule has 3 atom stereocenters. The molecule has 0 fully saturated rings. The van der Waals surface area contributed by atoms with Crippen molar-refractivity contribution in [3.63, 3.8) is 0 Å². The number of esters is 1. The summed E-state index contributed by atoms with van der Waals surface area (Å²) in [5.74, 6) is -2.37. The van der Waals surface area contributed by atoms with Crippen molar-refractivity contribution in [2.45, 2.75) is 231 Å². The quantitative estimate of drug-likeness (QED) is 0.0200. The van der Waals surface area contributed by atoms with E-state index in [0.29, 0.717) is 12.8 Å². The van der Waals surface area contributed by atoms with E-state index >= 15 is 0 Å². The van der Waals surface area contributed by atoms with Crippen LogP contribution in [0.3, 0.4) is 0 Å². The molecule has 0 bridgehead atoms. The number of carbonyl (C=O) groups is 3. The van der Waals surface area contributed by atoms with Crippen molar-refractivity contribution in [1.29, 1.82) is 0 Å². The van der Waals surface area contributed by atoms with Gasteiger partial charge in [0.25, 0.3) is 0 Å². The molecule has 0 aromatic heterocycles. The van der Waals surface area contributed by atoms with Crippen LogP contribution in [0.2, 0.25) is 0 Å². The van der Waals surface area contributed by atoms with E-state index in [-0.39, 0.29) is 12.8 Å². The average molecular weight is 844 g/mol. The largest absolute Gasteiger partial charge is 0.480 e. The first-order valence-electron chi connectivity index (χ1n) is 23.4. The van der Waals surface area contributed by atoms with E-state index in [1.807, 2.05) is 0 Å². The van der Waals surface area contributed by atoms with Gasteiger partial charge in [-0.2, -0.15) is 0 Å². The minimum absolute atomic E-state index is 0.142. The standard InChI is InChI=1S/C46H86NO10P/c1-3-5-7-9-11-13-15-17-19-20-21-22-24-25-27-29-31-33-35-37-44(49)47-43(46(51)52)41-57-58(53,54)56-40-42(48)39-55-45(50)38-36-34-32-30-28-26-23-18-16-14-12-10-8-6-4-2/h11,13,17,19,42-43,48H,3-10,12,14-16,18,20-41H2,1-2H3,(H,47,49)(H,51,52)(H,53,54)/b13-11-,19-17-. The number of amides is 1. The Kier molecular flexibility index (Phi) is 40.2. The van der Waals surface area contributed by atoms with E-state index < -0.39 is 57.6 Å². The molecule has 11 nitrogen and oxygen atoms in total. The predicted molar refractivity (Wildman–Crippen MR) is 236 cm³/mol. The third-order valence-electron chi connectivity index (χ3n) is 10.2. The Morgan fingerprint density at radius 1 is 0.552 bits per heavy atom. The lowest BCUT2D eigenvalue weighted by molar-refractivity contribution is -0.147. The van der Waals surface area contributed by atoms with Crippen LogP contribution >= 0.6 is 7.82 Å². The molecular formula is C46H86NO10P. The molecule has 0 aromatic rings. The summed E-state index contributed by atoms with van der Waals surface area (Å²) >= 11 is 0. The smallest absolute Gasteiger partial charge is 0.472 e. The zero-order valence-corrected chi connectivity index (χ0v) is 37.8. The van der Waals surface area contributed by atoms with Gasteiger partial charge in [0, 0.05) is 12.8 Å². The summed E-state index contributed by atoms with van der Waals surface area (Å²) in [6, 6.07) is -1.55. The second-order valence-electron chi connectivity index (χ2n) is 15.9. The zero-order chi connectivity index (χ0) is 42.8. The Bertz CT molecular complexity index is 1080. The Hall–Kier alpha value is -2.04. The number of aliphatic hydroxyl groups is 1. The molecule has 1 amide bonds. The van der Waals surface area contributed by atoms with E-state index in [2.05, 4.69) is 43.5 Å². The molecule has 340 valence electrons. The van der Waals surface area contributed by atoms with Crippen LogP contribution in [0.4, 0.5) is 0 Å². The van der Waals surface area contributed by atoms with E-state index in [9.17, 15) is 34.1 Å². The van der Waals surface area contributed by atoms with Gasteiger partial charge in [-0.15, -0.1) is 0 Å². The van der Waals surface area contributed by atoms with Gasteiger partial charge < -0.3 is 25.2 Å². The summed E-state index contributed by atoms with van der Waals surface area (Å²) in [5.41, 5.74) is 0. The van der Waals surface area contributed by atoms with Crippen molar-refractivity contribution in [3.8, 4) is 0 Å². The first-order valence-corrected chi connectivity index (χ1v) is 24.9. The maximum Gasteiger partial charge on any atom is 0.472 e. The number of phosphoric acid groups is 1. The van der Waals surface area contributed by atoms with Crippen molar-refractivity contribution in [3.05, 3.63) is 24.3 Å². The van der Waals surface area contributed by atoms with Gasteiger partial charge in [-0.3, -0.25) is 18.6 Å². The first-order chi connectivity index (χ1) is 28.1. The highest BCUT2D eigenvalue weighted by Crippen LogP contribution is 2.43. The number of carbonyl (C=O) groups excluding carboxylic acids is 2. The predicted octanol–water partition coefficient (Wildman–Crippen LogP) is 12.2. The minimum atomic E-state index is -4.76. The van der Waals surface area contributed by atoms with Gasteiger partial charge in [0.2, 0.25) is 5.91 Å². The summed E-state index contributed by atoms with van der Waals surface area (Å²) in [5, 5.41) is 21.9. The van der Waals surface area contributed by atoms with Gasteiger partial charge in [-0.1, -0.05) is 186 Å². The zero-order valence-electron chi connectivity index (χ0n) is 36.9. The summed E-state index contributed by atoms with van der Waals surface area (Å²) in [4.78, 5) is 46.0. The van der Waals surface area contributed by atoms with E-state index in [1.54, 1.807) is 0 Å². The lowest BCUT2D eigenvalue weighted by Gasteiger charge is -2.18. The van der Waals surface area contributed by atoms with Crippen LogP contribution in [-0.2, 0) is 32.7 Å². The van der Waals surface area contributed by atoms with Crippen LogP contribution in [0.5, 0.6) is 0 Å². The molecular weight excluding hydrogens is 757 g/mol. The summed E-state index contributed by atoms with van der Waals surface area (Å²) in [6.45, 7) is 2.59. The number of aliphatic hydroxyl groups excluding tert-OH is 1. The third kappa shape index (κ3) is 40.7. The SMILES string of the molecule is CCCCC/C=C\C/C=C\CCCCCCCCCCCC(=O)NC(COP(=O)(O)OCC(O)COC(=O)CCCCCCCCCCCCCCCCC)C(=O)O. The van der Waals surface area contributed by atoms with Crippen LogP contribution in [0.15, 0.2) is 24.3 Å². The number of hydrogen-bond donors (Lipinski definition) is 4. The van der Waals surface area contributed by atoms with Gasteiger partial charge in [0.1, 0.15) is 12.7 Å². The van der Waals surface area contributed by atoms with Gasteiger partial charge in [0.15, 0.2) is 6.04 Å². The fourth-order valence-corrected chi connectivity index (χ4v) is 7.35. The van der Waals surface area contributed by atoms with Crippen molar-refractivity contribution in [1.82, 2.24) is 5.32 Å². The Labute approximate surface area is 353 Å². The molecule has 0 aromatic carbocycles. The molecule has 0 rings (SSSR count). The molecule has 12 heteroatoms. The molecule has 4 N–H and O–H groups in total. The van der Waals surface area contributed by atoms with Crippen LogP contribution in [0.1, 0.15) is 219 Å². The van der Waals surface area contributed by atoms with Gasteiger partial charge in [-0.25, -0.2) is 9.36 Å². The van der Waals surface area contributed by atoms with Gasteiger partial charge >= 0.3 is 19.8 Å². The third-order valence-corrected chi connectivity index (χ3v) is 11.2. The highest BCUT2D eigenvalue weighted by molar-refractivity contribution is 7.47. The van der Waals surface area contributed by atoms with Crippen LogP contribution in [0, 0.1) is 0 Å². The molecule has 3 unspecified atom stereocenters. The maximum atomic E-state index is 12.3. The highest BCUT2D eigenvalue weighted by atomic mass is 31.2. The van der Waals surface area contributed by atoms with Crippen molar-refractivity contribution in [2.24, 2.45) is 0 Å². The minimum Gasteiger partial charge on any atom is -0.480 e. The normalized spacial score (nSPS) is 13.9. The second kappa shape index (κ2) is 41.7. The summed E-state index contributed by atoms with van der Waals surface area (Å²) in [7, 11) is -4.76. The number of allylic oxidation sites excluding steroid dienone is 4. The lowest BCUT2D eigenvalue weighted by Crippen LogP contribution is -2.43. The number of phosphoric ester groups is 1. The average Bonchev–Trinajstić information content (AvgIpc) is 3.20. The van der Waals surface area contributed by atoms with Crippen LogP contribution in [0.25, 0.3) is 0 Å². The summed E-state index contributed by atoms with van der Waals surface area (Å²) in [6.07, 6.45) is 43.3. The topological polar surface area (TPSA) is 169 Å². The van der Waals surface area contributed by atoms with E-state index in [4.69, 9.17) is 13.8 Å². The Balaban J connectivity index is 3.87. The monoisotopic (exact) mass is 844 g/mol. The Morgan fingerprint density at radius 2 is 0.948 bits per heavy atom. The second-order valence-corrected chi connectivity index (χ2v) is 17.4. The molecule has 58 heavy (non-hydrogen) atoms. The number of rotatable bonds is 44. The molecule has 0 radical (unpaired) electrons. The van der Waals surface area contributed by atoms with Crippen LogP contribution in [-0.4, -0.2) is 64.9 Å². The number of carboxylic acids is 1. The Morgan fingerprint density at radius 3 is 1.43 bits per heavy atom. The number of carboxylic acid groups (broad SMARTS) is 1. The molecule has 0 aliphatic carbocycles. The highest BCUT2D eigenvalue weighted by Gasteiger charge is 2.28. The first kappa shape index (κ1) is 56.0. The van der Waals surface area contributed by atoms with Crippen molar-refractivity contribution < 1.29 is 47.8 Å². The van der Waals surface area contributed by atoms with Crippen molar-refractivity contribution >= 4 is 25.7 Å². The molecule has 0 saturated carbocycles. The fraction of sp³-hybridized carbons (Fsp3) is 0.848. The molecule has 0 saturated heterocycles. The van der Waals surface area contributed by atoms with Gasteiger partial charge in [-0.05, 0) is 44.9 Å². The molecule has 0 aliphatic rings. The molecule has 0 aliphatic heterocycles. The van der Waals surface area contributed by atoms with Gasteiger partial charge in [0.05, 0.1) is 13.2 Å². The number of hydrogen-bond acceptors (Lipinski definition) is 8. The number of nitrogens with one attached hydrogen (secondary N) is 1. The van der Waals surface area contributed by atoms with E-state index in [0.717, 1.165) is 57.8 Å². The molecule has 0 spiro atoms. The van der Waals surface area contributed by atoms with E-state index in [1.165, 1.54) is 122 Å². The number of ether oxygens (including phenoxy) is 1. The summed E-state index contributed by atoms with van der Waals surface area (Å²) < 4.78 is 26.9. The number of unbranched alkanes of at least 4 members (excludes halogenated alkanes) is 26. The lowest BCUT2D eigenvalue weighted by atomic mass is 10.0. The van der Waals surface area contributed by atoms with Crippen LogP contribution < -0.4 is 5.32 Å². The van der Waals surface area contributed by atoms with Crippen molar-refractivity contribution in [2.75, 3.05) is 19.8 Å². The maximum absolute atomic E-state index is 12.3. The fourth-order valence-electron chi connectivity index (χ4n) is 6.58.